The average molecular weight is 328 g/mol. The maximum Gasteiger partial charge on any atom is 0.247 e. The third-order valence-corrected chi connectivity index (χ3v) is 4.17. The number of amides is 1. The largest absolute Gasteiger partial charge is 0.358 e. The molecule has 0 saturated carbocycles. The number of rotatable bonds is 0. The van der Waals surface area contributed by atoms with Gasteiger partial charge in [-0.2, -0.15) is 0 Å². The summed E-state index contributed by atoms with van der Waals surface area (Å²) in [5.41, 5.74) is 2.14. The molecule has 0 bridgehead atoms. The fourth-order valence-corrected chi connectivity index (χ4v) is 3.17. The summed E-state index contributed by atoms with van der Waals surface area (Å²) in [6, 6.07) is 6.28. The molecule has 2 unspecified atom stereocenters. The molecule has 0 aliphatic carbocycles. The Labute approximate surface area is 108 Å². The van der Waals surface area contributed by atoms with Gasteiger partial charge in [0, 0.05) is 10.1 Å². The molecular formula is C12H13IN2O. The molecule has 2 atom stereocenters. The van der Waals surface area contributed by atoms with Crippen LogP contribution in [-0.4, -0.2) is 18.5 Å². The van der Waals surface area contributed by atoms with Gasteiger partial charge in [0.05, 0.1) is 11.4 Å². The van der Waals surface area contributed by atoms with Gasteiger partial charge in [-0.15, -0.1) is 0 Å². The van der Waals surface area contributed by atoms with E-state index in [0.717, 1.165) is 22.2 Å². The van der Waals surface area contributed by atoms with E-state index in [2.05, 4.69) is 51.9 Å². The van der Waals surface area contributed by atoms with Gasteiger partial charge in [0.25, 0.3) is 0 Å². The van der Waals surface area contributed by atoms with Gasteiger partial charge in [-0.05, 0) is 53.1 Å². The molecule has 2 aliphatic heterocycles. The minimum Gasteiger partial charge on any atom is -0.358 e. The van der Waals surface area contributed by atoms with Gasteiger partial charge in [0.15, 0.2) is 0 Å². The quantitative estimate of drug-likeness (QED) is 0.742. The van der Waals surface area contributed by atoms with Gasteiger partial charge >= 0.3 is 0 Å². The van der Waals surface area contributed by atoms with E-state index in [4.69, 9.17) is 0 Å². The van der Waals surface area contributed by atoms with Crippen molar-refractivity contribution < 1.29 is 4.79 Å². The number of fused-ring (bicyclic) bond motifs is 3. The van der Waals surface area contributed by atoms with Crippen molar-refractivity contribution in [3.8, 4) is 0 Å². The summed E-state index contributed by atoms with van der Waals surface area (Å²) in [7, 11) is 0. The van der Waals surface area contributed by atoms with E-state index in [1.54, 1.807) is 0 Å². The third kappa shape index (κ3) is 1.43. The van der Waals surface area contributed by atoms with Crippen LogP contribution in [-0.2, 0) is 4.79 Å². The van der Waals surface area contributed by atoms with Crippen molar-refractivity contribution in [3.05, 3.63) is 21.8 Å². The first-order chi connectivity index (χ1) is 7.66. The maximum atomic E-state index is 12.0. The Morgan fingerprint density at radius 3 is 3.12 bits per heavy atom. The highest BCUT2D eigenvalue weighted by atomic mass is 127. The number of carbonyl (C=O) groups excluding carboxylic acids is 1. The number of nitrogens with zero attached hydrogens (tertiary/aromatic N) is 1. The lowest BCUT2D eigenvalue weighted by Crippen LogP contribution is -2.46. The summed E-state index contributed by atoms with van der Waals surface area (Å²) in [6.45, 7) is 3.15. The van der Waals surface area contributed by atoms with E-state index in [1.807, 2.05) is 6.07 Å². The predicted octanol–water partition coefficient (Wildman–Crippen LogP) is 2.46. The van der Waals surface area contributed by atoms with Crippen LogP contribution in [0.1, 0.15) is 13.3 Å². The lowest BCUT2D eigenvalue weighted by Gasteiger charge is -2.34. The Morgan fingerprint density at radius 1 is 1.50 bits per heavy atom. The Balaban J connectivity index is 2.09. The second kappa shape index (κ2) is 3.61. The fourth-order valence-electron chi connectivity index (χ4n) is 2.68. The van der Waals surface area contributed by atoms with Gasteiger partial charge in [-0.25, -0.2) is 0 Å². The molecular weight excluding hydrogens is 315 g/mol. The minimum atomic E-state index is 0.0348. The molecule has 16 heavy (non-hydrogen) atoms. The SMILES string of the molecule is CC1CCN2c3ccc(I)cc3NC(=O)C12. The number of halogens is 1. The zero-order valence-electron chi connectivity index (χ0n) is 9.03. The fraction of sp³-hybridized carbons (Fsp3) is 0.417. The van der Waals surface area contributed by atoms with Crippen molar-refractivity contribution in [2.75, 3.05) is 16.8 Å². The molecule has 0 radical (unpaired) electrons. The average Bonchev–Trinajstić information content (AvgIpc) is 2.61. The summed E-state index contributed by atoms with van der Waals surface area (Å²) in [6.07, 6.45) is 1.10. The van der Waals surface area contributed by atoms with E-state index in [9.17, 15) is 4.79 Å². The van der Waals surface area contributed by atoms with Crippen molar-refractivity contribution in [1.82, 2.24) is 0 Å². The van der Waals surface area contributed by atoms with Crippen molar-refractivity contribution in [1.29, 1.82) is 0 Å². The normalized spacial score (nSPS) is 27.4. The molecule has 1 amide bonds. The zero-order chi connectivity index (χ0) is 11.3. The molecule has 3 rings (SSSR count). The first-order valence-corrected chi connectivity index (χ1v) is 6.62. The molecule has 0 aromatic heterocycles. The van der Waals surface area contributed by atoms with Crippen LogP contribution in [0.4, 0.5) is 11.4 Å². The highest BCUT2D eigenvalue weighted by Gasteiger charge is 2.40. The number of nitrogens with one attached hydrogen (secondary N) is 1. The molecule has 1 N–H and O–H groups in total. The van der Waals surface area contributed by atoms with Crippen molar-refractivity contribution in [2.24, 2.45) is 5.92 Å². The molecule has 1 aromatic rings. The molecule has 2 heterocycles. The summed E-state index contributed by atoms with van der Waals surface area (Å²) >= 11 is 2.27. The van der Waals surface area contributed by atoms with Crippen LogP contribution in [0.5, 0.6) is 0 Å². The molecule has 1 fully saturated rings. The first kappa shape index (κ1) is 10.4. The predicted molar refractivity (Wildman–Crippen MR) is 72.7 cm³/mol. The topological polar surface area (TPSA) is 32.3 Å². The van der Waals surface area contributed by atoms with Crippen LogP contribution in [0, 0.1) is 9.49 Å². The highest BCUT2D eigenvalue weighted by Crippen LogP contribution is 2.39. The molecule has 4 heteroatoms. The van der Waals surface area contributed by atoms with Gasteiger partial charge < -0.3 is 10.2 Å². The Morgan fingerprint density at radius 2 is 2.31 bits per heavy atom. The van der Waals surface area contributed by atoms with Crippen LogP contribution in [0.3, 0.4) is 0 Å². The molecule has 2 aliphatic rings. The van der Waals surface area contributed by atoms with Crippen LogP contribution >= 0.6 is 22.6 Å². The first-order valence-electron chi connectivity index (χ1n) is 5.54. The van der Waals surface area contributed by atoms with Crippen molar-refractivity contribution in [2.45, 2.75) is 19.4 Å². The molecule has 1 saturated heterocycles. The van der Waals surface area contributed by atoms with Gasteiger partial charge in [0.1, 0.15) is 6.04 Å². The Hall–Kier alpha value is -0.780. The summed E-state index contributed by atoms with van der Waals surface area (Å²) < 4.78 is 1.15. The summed E-state index contributed by atoms with van der Waals surface area (Å²) in [4.78, 5) is 14.2. The monoisotopic (exact) mass is 328 g/mol. The zero-order valence-corrected chi connectivity index (χ0v) is 11.2. The number of carbonyl (C=O) groups is 1. The van der Waals surface area contributed by atoms with Crippen molar-refractivity contribution >= 4 is 39.9 Å². The Bertz CT molecular complexity index is 460. The Kier molecular flexibility index (Phi) is 2.34. The van der Waals surface area contributed by atoms with E-state index in [1.165, 1.54) is 5.69 Å². The van der Waals surface area contributed by atoms with Gasteiger partial charge in [-0.1, -0.05) is 6.92 Å². The second-order valence-corrected chi connectivity index (χ2v) is 5.80. The van der Waals surface area contributed by atoms with Crippen LogP contribution in [0.15, 0.2) is 18.2 Å². The summed E-state index contributed by atoms with van der Waals surface area (Å²) in [5.74, 6) is 0.604. The van der Waals surface area contributed by atoms with E-state index in [0.29, 0.717) is 5.92 Å². The number of benzene rings is 1. The molecule has 0 spiro atoms. The number of anilines is 2. The number of hydrogen-bond donors (Lipinski definition) is 1. The smallest absolute Gasteiger partial charge is 0.247 e. The second-order valence-electron chi connectivity index (χ2n) is 4.55. The standard InChI is InChI=1S/C12H13IN2O/c1-7-4-5-15-10-3-2-8(13)6-9(10)14-12(16)11(7)15/h2-3,6-7,11H,4-5H2,1H3,(H,14,16). The van der Waals surface area contributed by atoms with Gasteiger partial charge in [0.2, 0.25) is 5.91 Å². The molecule has 3 nitrogen and oxygen atoms in total. The van der Waals surface area contributed by atoms with Crippen molar-refractivity contribution in [3.63, 3.8) is 0 Å². The van der Waals surface area contributed by atoms with E-state index >= 15 is 0 Å². The van der Waals surface area contributed by atoms with E-state index < -0.39 is 0 Å². The lowest BCUT2D eigenvalue weighted by molar-refractivity contribution is -0.118. The highest BCUT2D eigenvalue weighted by molar-refractivity contribution is 14.1. The minimum absolute atomic E-state index is 0.0348. The van der Waals surface area contributed by atoms with Crippen LogP contribution in [0.25, 0.3) is 0 Å². The third-order valence-electron chi connectivity index (χ3n) is 3.49. The maximum absolute atomic E-state index is 12.0. The molecule has 84 valence electrons. The molecule has 1 aromatic carbocycles. The van der Waals surface area contributed by atoms with E-state index in [-0.39, 0.29) is 11.9 Å². The van der Waals surface area contributed by atoms with Crippen LogP contribution < -0.4 is 10.2 Å². The van der Waals surface area contributed by atoms with Gasteiger partial charge in [-0.3, -0.25) is 4.79 Å². The number of hydrogen-bond acceptors (Lipinski definition) is 2. The van der Waals surface area contributed by atoms with Crippen LogP contribution in [0.2, 0.25) is 0 Å². The summed E-state index contributed by atoms with van der Waals surface area (Å²) in [5, 5.41) is 3.02. The lowest BCUT2D eigenvalue weighted by atomic mass is 10.00.